The fourth-order valence-corrected chi connectivity index (χ4v) is 4.01. The van der Waals surface area contributed by atoms with Crippen LogP contribution in [-0.4, -0.2) is 17.4 Å². The predicted molar refractivity (Wildman–Crippen MR) is 78.7 cm³/mol. The molecule has 2 aromatic rings. The van der Waals surface area contributed by atoms with Gasteiger partial charge in [-0.3, -0.25) is 4.79 Å². The van der Waals surface area contributed by atoms with Crippen molar-refractivity contribution >= 4 is 5.91 Å². The second-order valence-corrected chi connectivity index (χ2v) is 5.78. The van der Waals surface area contributed by atoms with E-state index in [1.54, 1.807) is 0 Å². The van der Waals surface area contributed by atoms with Gasteiger partial charge in [-0.1, -0.05) is 42.5 Å². The van der Waals surface area contributed by atoms with Crippen LogP contribution >= 0.6 is 0 Å². The van der Waals surface area contributed by atoms with Crippen LogP contribution in [0.25, 0.3) is 0 Å². The maximum Gasteiger partial charge on any atom is 0.255 e. The van der Waals surface area contributed by atoms with Crippen molar-refractivity contribution in [1.82, 2.24) is 4.90 Å². The van der Waals surface area contributed by atoms with Gasteiger partial charge in [-0.05, 0) is 42.5 Å². The van der Waals surface area contributed by atoms with Gasteiger partial charge in [0.2, 0.25) is 0 Å². The van der Waals surface area contributed by atoms with Crippen LogP contribution in [0, 0.1) is 6.92 Å². The van der Waals surface area contributed by atoms with E-state index < -0.39 is 0 Å². The van der Waals surface area contributed by atoms with Crippen LogP contribution in [0.2, 0.25) is 0 Å². The lowest BCUT2D eigenvalue weighted by Crippen LogP contribution is -2.39. The highest BCUT2D eigenvalue weighted by atomic mass is 16.2. The van der Waals surface area contributed by atoms with Crippen LogP contribution < -0.4 is 0 Å². The summed E-state index contributed by atoms with van der Waals surface area (Å²) in [6.45, 7) is 3.01. The molecule has 4 rings (SSSR count). The predicted octanol–water partition coefficient (Wildman–Crippen LogP) is 3.49. The monoisotopic (exact) mass is 263 g/mol. The third-order valence-electron chi connectivity index (χ3n) is 4.82. The molecule has 0 N–H and O–H groups in total. The Bertz CT molecular complexity index is 706. The summed E-state index contributed by atoms with van der Waals surface area (Å²) in [5.41, 5.74) is 4.41. The number of aryl methyl sites for hydroxylation is 1. The Hall–Kier alpha value is -2.09. The topological polar surface area (TPSA) is 20.3 Å². The summed E-state index contributed by atoms with van der Waals surface area (Å²) >= 11 is 0. The molecule has 0 radical (unpaired) electrons. The third-order valence-corrected chi connectivity index (χ3v) is 4.82. The van der Waals surface area contributed by atoms with Crippen LogP contribution in [0.15, 0.2) is 48.5 Å². The van der Waals surface area contributed by atoms with Gasteiger partial charge in [-0.15, -0.1) is 0 Å². The van der Waals surface area contributed by atoms with Crippen molar-refractivity contribution in [2.75, 3.05) is 6.54 Å². The lowest BCUT2D eigenvalue weighted by atomic mass is 9.79. The Labute approximate surface area is 119 Å². The normalized spacial score (nSPS) is 23.9. The Morgan fingerprint density at radius 3 is 2.50 bits per heavy atom. The lowest BCUT2D eigenvalue weighted by Gasteiger charge is -2.35. The first-order chi connectivity index (χ1) is 9.75. The molecule has 2 aromatic carbocycles. The van der Waals surface area contributed by atoms with Gasteiger partial charge < -0.3 is 4.90 Å². The minimum absolute atomic E-state index is 0.196. The second-order valence-electron chi connectivity index (χ2n) is 5.78. The molecule has 20 heavy (non-hydrogen) atoms. The average molecular weight is 263 g/mol. The van der Waals surface area contributed by atoms with Crippen molar-refractivity contribution in [3.8, 4) is 0 Å². The first-order valence-corrected chi connectivity index (χ1v) is 7.23. The molecule has 0 spiro atoms. The van der Waals surface area contributed by atoms with Gasteiger partial charge in [-0.2, -0.15) is 0 Å². The summed E-state index contributed by atoms with van der Waals surface area (Å²) in [6.07, 6.45) is 2.11. The van der Waals surface area contributed by atoms with Crippen LogP contribution in [0.4, 0.5) is 0 Å². The van der Waals surface area contributed by atoms with E-state index in [0.717, 1.165) is 24.9 Å². The standard InChI is InChI=1S/C18H17NO/c1-13-7-2-4-9-15(13)18-11-6-12-19(18)17(20)14-8-3-5-10-16(14)18/h2-5,7-10H,6,11-12H2,1H3. The molecule has 1 fully saturated rings. The molecule has 0 aliphatic carbocycles. The summed E-state index contributed by atoms with van der Waals surface area (Å²) in [5.74, 6) is 0.196. The minimum Gasteiger partial charge on any atom is -0.325 e. The molecule has 1 amide bonds. The Kier molecular flexibility index (Phi) is 2.31. The van der Waals surface area contributed by atoms with Crippen molar-refractivity contribution < 1.29 is 4.79 Å². The first kappa shape index (κ1) is 11.7. The average Bonchev–Trinajstić information content (AvgIpc) is 3.00. The molecule has 0 bridgehead atoms. The van der Waals surface area contributed by atoms with Crippen molar-refractivity contribution in [3.63, 3.8) is 0 Å². The largest absolute Gasteiger partial charge is 0.325 e. The Balaban J connectivity index is 2.04. The molecule has 0 aromatic heterocycles. The van der Waals surface area contributed by atoms with Gasteiger partial charge in [0.15, 0.2) is 0 Å². The molecular weight excluding hydrogens is 246 g/mol. The molecule has 100 valence electrons. The maximum atomic E-state index is 12.7. The van der Waals surface area contributed by atoms with E-state index in [1.165, 1.54) is 16.7 Å². The molecule has 0 saturated carbocycles. The van der Waals surface area contributed by atoms with E-state index in [4.69, 9.17) is 0 Å². The fourth-order valence-electron chi connectivity index (χ4n) is 4.01. The van der Waals surface area contributed by atoms with Crippen LogP contribution in [0.3, 0.4) is 0 Å². The van der Waals surface area contributed by atoms with Crippen LogP contribution in [0.1, 0.15) is 39.9 Å². The second kappa shape index (κ2) is 3.95. The van der Waals surface area contributed by atoms with E-state index in [0.29, 0.717) is 0 Å². The summed E-state index contributed by atoms with van der Waals surface area (Å²) in [4.78, 5) is 14.8. The number of hydrogen-bond donors (Lipinski definition) is 0. The highest BCUT2D eigenvalue weighted by Gasteiger charge is 2.53. The summed E-state index contributed by atoms with van der Waals surface area (Å²) in [7, 11) is 0. The number of rotatable bonds is 1. The molecule has 2 nitrogen and oxygen atoms in total. The molecular formula is C18H17NO. The summed E-state index contributed by atoms with van der Waals surface area (Å²) in [5, 5.41) is 0. The van der Waals surface area contributed by atoms with Gasteiger partial charge in [0.25, 0.3) is 5.91 Å². The molecule has 2 aliphatic rings. The van der Waals surface area contributed by atoms with Crippen LogP contribution in [0.5, 0.6) is 0 Å². The van der Waals surface area contributed by atoms with Gasteiger partial charge >= 0.3 is 0 Å². The third kappa shape index (κ3) is 1.26. The number of carbonyl (C=O) groups excluding carboxylic acids is 1. The van der Waals surface area contributed by atoms with Crippen molar-refractivity contribution in [3.05, 3.63) is 70.8 Å². The Morgan fingerprint density at radius 2 is 1.70 bits per heavy atom. The van der Waals surface area contributed by atoms with Crippen molar-refractivity contribution in [2.45, 2.75) is 25.3 Å². The van der Waals surface area contributed by atoms with Crippen molar-refractivity contribution in [2.24, 2.45) is 0 Å². The summed E-state index contributed by atoms with van der Waals surface area (Å²) < 4.78 is 0. The Morgan fingerprint density at radius 1 is 1.00 bits per heavy atom. The fraction of sp³-hybridized carbons (Fsp3) is 0.278. The highest BCUT2D eigenvalue weighted by Crippen LogP contribution is 2.51. The van der Waals surface area contributed by atoms with Gasteiger partial charge in [0.05, 0.1) is 5.54 Å². The maximum absolute atomic E-state index is 12.7. The molecule has 2 heteroatoms. The SMILES string of the molecule is Cc1ccccc1C12CCCN1C(=O)c1ccccc12. The number of benzene rings is 2. The highest BCUT2D eigenvalue weighted by molar-refractivity contribution is 6.01. The van der Waals surface area contributed by atoms with E-state index in [2.05, 4.69) is 42.2 Å². The quantitative estimate of drug-likeness (QED) is 0.771. The van der Waals surface area contributed by atoms with Gasteiger partial charge in [-0.25, -0.2) is 0 Å². The first-order valence-electron chi connectivity index (χ1n) is 7.23. The van der Waals surface area contributed by atoms with Gasteiger partial charge in [0.1, 0.15) is 0 Å². The zero-order valence-electron chi connectivity index (χ0n) is 11.6. The molecule has 2 heterocycles. The number of hydrogen-bond acceptors (Lipinski definition) is 1. The number of fused-ring (bicyclic) bond motifs is 3. The van der Waals surface area contributed by atoms with E-state index in [1.807, 2.05) is 18.2 Å². The number of carbonyl (C=O) groups is 1. The molecule has 1 unspecified atom stereocenters. The van der Waals surface area contributed by atoms with E-state index >= 15 is 0 Å². The van der Waals surface area contributed by atoms with E-state index in [9.17, 15) is 4.79 Å². The molecule has 2 aliphatic heterocycles. The zero-order chi connectivity index (χ0) is 13.7. The van der Waals surface area contributed by atoms with Gasteiger partial charge in [0, 0.05) is 12.1 Å². The minimum atomic E-state index is -0.223. The molecule has 1 atom stereocenters. The van der Waals surface area contributed by atoms with Crippen molar-refractivity contribution in [1.29, 1.82) is 0 Å². The number of amides is 1. The zero-order valence-corrected chi connectivity index (χ0v) is 11.6. The summed E-state index contributed by atoms with van der Waals surface area (Å²) in [6, 6.07) is 16.6. The smallest absolute Gasteiger partial charge is 0.255 e. The van der Waals surface area contributed by atoms with Crippen LogP contribution in [-0.2, 0) is 5.54 Å². The van der Waals surface area contributed by atoms with E-state index in [-0.39, 0.29) is 11.4 Å². The number of nitrogens with zero attached hydrogens (tertiary/aromatic N) is 1. The molecule has 1 saturated heterocycles. The lowest BCUT2D eigenvalue weighted by molar-refractivity contribution is 0.0711.